The summed E-state index contributed by atoms with van der Waals surface area (Å²) in [5.41, 5.74) is 0. The third-order valence-corrected chi connectivity index (χ3v) is 3.33. The Morgan fingerprint density at radius 3 is 2.38 bits per heavy atom. The lowest BCUT2D eigenvalue weighted by Gasteiger charge is -2.14. The number of aliphatic carboxylic acids is 1. The van der Waals surface area contributed by atoms with E-state index >= 15 is 0 Å². The summed E-state index contributed by atoms with van der Waals surface area (Å²) in [6.45, 7) is 4.02. The summed E-state index contributed by atoms with van der Waals surface area (Å²) in [4.78, 5) is 10.7. The Morgan fingerprint density at radius 2 is 2.00 bits per heavy atom. The van der Waals surface area contributed by atoms with Gasteiger partial charge in [0.15, 0.2) is 0 Å². The molecule has 1 unspecified atom stereocenters. The highest BCUT2D eigenvalue weighted by molar-refractivity contribution is 8.00. The molecule has 0 rings (SSSR count). The maximum atomic E-state index is 10.7. The molecule has 0 radical (unpaired) electrons. The lowest BCUT2D eigenvalue weighted by Crippen LogP contribution is -2.22. The molecular weight excluding hydrogens is 188 g/mol. The number of unbranched alkanes of at least 4 members (excludes halogenated alkanes) is 1. The summed E-state index contributed by atoms with van der Waals surface area (Å²) in [6, 6.07) is 0. The molecule has 13 heavy (non-hydrogen) atoms. The largest absolute Gasteiger partial charge is 0.480 e. The second-order valence-electron chi connectivity index (χ2n) is 3.30. The molecule has 0 saturated carbocycles. The summed E-state index contributed by atoms with van der Waals surface area (Å²) < 4.78 is 0. The lowest BCUT2D eigenvalue weighted by atomic mass is 10.1. The van der Waals surface area contributed by atoms with Crippen LogP contribution in [0.5, 0.6) is 0 Å². The van der Waals surface area contributed by atoms with Crippen LogP contribution in [0.3, 0.4) is 0 Å². The third-order valence-electron chi connectivity index (χ3n) is 1.70. The van der Waals surface area contributed by atoms with Gasteiger partial charge in [0.1, 0.15) is 5.25 Å². The first kappa shape index (κ1) is 12.8. The van der Waals surface area contributed by atoms with Crippen molar-refractivity contribution >= 4 is 17.7 Å². The van der Waals surface area contributed by atoms with Crippen molar-refractivity contribution in [1.29, 1.82) is 0 Å². The Hall–Kier alpha value is -0.220. The molecule has 2 N–H and O–H groups in total. The van der Waals surface area contributed by atoms with Gasteiger partial charge in [-0.15, -0.1) is 11.8 Å². The van der Waals surface area contributed by atoms with Crippen LogP contribution >= 0.6 is 11.8 Å². The molecule has 0 fully saturated rings. The van der Waals surface area contributed by atoms with E-state index in [0.29, 0.717) is 0 Å². The summed E-state index contributed by atoms with van der Waals surface area (Å²) in [5, 5.41) is 17.0. The Bertz CT molecular complexity index is 148. The minimum atomic E-state index is -0.732. The maximum Gasteiger partial charge on any atom is 0.316 e. The first-order chi connectivity index (χ1) is 6.09. The first-order valence-corrected chi connectivity index (χ1v) is 5.59. The SMILES string of the molecule is CC(C)C(SCCCCO)C(=O)O. The molecule has 0 aliphatic rings. The number of carboxylic acids is 1. The normalized spacial score (nSPS) is 13.2. The van der Waals surface area contributed by atoms with Crippen molar-refractivity contribution < 1.29 is 15.0 Å². The van der Waals surface area contributed by atoms with E-state index in [4.69, 9.17) is 10.2 Å². The van der Waals surface area contributed by atoms with Gasteiger partial charge in [0.05, 0.1) is 0 Å². The van der Waals surface area contributed by atoms with E-state index in [1.165, 1.54) is 11.8 Å². The van der Waals surface area contributed by atoms with E-state index < -0.39 is 5.97 Å². The van der Waals surface area contributed by atoms with E-state index in [1.54, 1.807) is 0 Å². The van der Waals surface area contributed by atoms with Crippen molar-refractivity contribution in [2.75, 3.05) is 12.4 Å². The molecule has 0 aliphatic heterocycles. The van der Waals surface area contributed by atoms with Gasteiger partial charge in [-0.1, -0.05) is 13.8 Å². The van der Waals surface area contributed by atoms with Crippen molar-refractivity contribution in [3.63, 3.8) is 0 Å². The van der Waals surface area contributed by atoms with Gasteiger partial charge >= 0.3 is 5.97 Å². The fourth-order valence-corrected chi connectivity index (χ4v) is 2.13. The second kappa shape index (κ2) is 7.21. The fraction of sp³-hybridized carbons (Fsp3) is 0.889. The predicted octanol–water partition coefficient (Wildman–Crippen LogP) is 1.60. The number of rotatable bonds is 7. The number of carboxylic acid groups (broad SMARTS) is 1. The van der Waals surface area contributed by atoms with Crippen LogP contribution in [-0.4, -0.2) is 33.8 Å². The molecule has 3 nitrogen and oxygen atoms in total. The topological polar surface area (TPSA) is 57.5 Å². The Balaban J connectivity index is 3.64. The summed E-state index contributed by atoms with van der Waals surface area (Å²) in [6.07, 6.45) is 1.65. The van der Waals surface area contributed by atoms with Crippen LogP contribution in [0.25, 0.3) is 0 Å². The molecule has 1 atom stereocenters. The molecule has 0 spiro atoms. The van der Waals surface area contributed by atoms with Crippen molar-refractivity contribution in [3.8, 4) is 0 Å². The number of hydrogen-bond acceptors (Lipinski definition) is 3. The van der Waals surface area contributed by atoms with Crippen molar-refractivity contribution in [3.05, 3.63) is 0 Å². The zero-order valence-corrected chi connectivity index (χ0v) is 9.01. The number of aliphatic hydroxyl groups excluding tert-OH is 1. The second-order valence-corrected chi connectivity index (χ2v) is 4.55. The lowest BCUT2D eigenvalue weighted by molar-refractivity contribution is -0.137. The van der Waals surface area contributed by atoms with E-state index in [-0.39, 0.29) is 17.8 Å². The van der Waals surface area contributed by atoms with Crippen LogP contribution < -0.4 is 0 Å². The highest BCUT2D eigenvalue weighted by atomic mass is 32.2. The molecule has 78 valence electrons. The van der Waals surface area contributed by atoms with Gasteiger partial charge in [0.2, 0.25) is 0 Å². The minimum Gasteiger partial charge on any atom is -0.480 e. The number of thioether (sulfide) groups is 1. The van der Waals surface area contributed by atoms with Crippen LogP contribution in [0.2, 0.25) is 0 Å². The van der Waals surface area contributed by atoms with Gasteiger partial charge in [0, 0.05) is 6.61 Å². The van der Waals surface area contributed by atoms with Crippen molar-refractivity contribution in [1.82, 2.24) is 0 Å². The van der Waals surface area contributed by atoms with Gasteiger partial charge in [-0.3, -0.25) is 4.79 Å². The highest BCUT2D eigenvalue weighted by Gasteiger charge is 2.20. The average Bonchev–Trinajstić information content (AvgIpc) is 2.02. The number of carbonyl (C=O) groups is 1. The first-order valence-electron chi connectivity index (χ1n) is 4.55. The Labute approximate surface area is 83.5 Å². The maximum absolute atomic E-state index is 10.7. The molecule has 0 aromatic carbocycles. The molecule has 0 aromatic heterocycles. The van der Waals surface area contributed by atoms with Gasteiger partial charge in [-0.2, -0.15) is 0 Å². The zero-order valence-electron chi connectivity index (χ0n) is 8.19. The zero-order chi connectivity index (χ0) is 10.3. The van der Waals surface area contributed by atoms with Gasteiger partial charge in [-0.05, 0) is 24.5 Å². The summed E-state index contributed by atoms with van der Waals surface area (Å²) >= 11 is 1.47. The summed E-state index contributed by atoms with van der Waals surface area (Å²) in [7, 11) is 0. The van der Waals surface area contributed by atoms with E-state index in [1.807, 2.05) is 13.8 Å². The molecule has 0 amide bonds. The smallest absolute Gasteiger partial charge is 0.316 e. The quantitative estimate of drug-likeness (QED) is 0.621. The molecule has 4 heteroatoms. The third kappa shape index (κ3) is 5.93. The molecule has 0 heterocycles. The number of aliphatic hydroxyl groups is 1. The fourth-order valence-electron chi connectivity index (χ4n) is 0.973. The monoisotopic (exact) mass is 206 g/mol. The molecule has 0 aromatic rings. The van der Waals surface area contributed by atoms with Gasteiger partial charge in [0.25, 0.3) is 0 Å². The van der Waals surface area contributed by atoms with Crippen molar-refractivity contribution in [2.45, 2.75) is 31.9 Å². The number of hydrogen-bond donors (Lipinski definition) is 2. The molecule has 0 bridgehead atoms. The van der Waals surface area contributed by atoms with Crippen LogP contribution in [0, 0.1) is 5.92 Å². The van der Waals surface area contributed by atoms with Crippen LogP contribution in [0.1, 0.15) is 26.7 Å². The molecule has 0 saturated heterocycles. The van der Waals surface area contributed by atoms with Crippen LogP contribution in [0.4, 0.5) is 0 Å². The standard InChI is InChI=1S/C9H18O3S/c1-7(2)8(9(11)12)13-6-4-3-5-10/h7-8,10H,3-6H2,1-2H3,(H,11,12). The Kier molecular flexibility index (Phi) is 7.09. The molecule has 0 aliphatic carbocycles. The van der Waals surface area contributed by atoms with E-state index in [2.05, 4.69) is 0 Å². The summed E-state index contributed by atoms with van der Waals surface area (Å²) in [5.74, 6) is 0.246. The van der Waals surface area contributed by atoms with Crippen LogP contribution in [0.15, 0.2) is 0 Å². The predicted molar refractivity (Wildman–Crippen MR) is 55.0 cm³/mol. The highest BCUT2D eigenvalue weighted by Crippen LogP contribution is 2.20. The molecular formula is C9H18O3S. The van der Waals surface area contributed by atoms with Crippen LogP contribution in [-0.2, 0) is 4.79 Å². The Morgan fingerprint density at radius 1 is 1.38 bits per heavy atom. The van der Waals surface area contributed by atoms with Gasteiger partial charge in [-0.25, -0.2) is 0 Å². The minimum absolute atomic E-state index is 0.164. The van der Waals surface area contributed by atoms with Gasteiger partial charge < -0.3 is 10.2 Å². The van der Waals surface area contributed by atoms with Crippen molar-refractivity contribution in [2.24, 2.45) is 5.92 Å². The average molecular weight is 206 g/mol. The van der Waals surface area contributed by atoms with E-state index in [0.717, 1.165) is 18.6 Å². The van der Waals surface area contributed by atoms with E-state index in [9.17, 15) is 4.79 Å².